The Morgan fingerprint density at radius 1 is 1.02 bits per heavy atom. The maximum Gasteiger partial charge on any atom is 0.280 e. The van der Waals surface area contributed by atoms with Crippen molar-refractivity contribution in [1.29, 1.82) is 0 Å². The number of aryl methyl sites for hydroxylation is 2. The molecule has 5 rings (SSSR count). The van der Waals surface area contributed by atoms with Crippen LogP contribution in [0.4, 0.5) is 0 Å². The summed E-state index contributed by atoms with van der Waals surface area (Å²) in [5.41, 5.74) is 1.47. The van der Waals surface area contributed by atoms with E-state index in [0.29, 0.717) is 73.5 Å². The van der Waals surface area contributed by atoms with Crippen molar-refractivity contribution in [2.45, 2.75) is 44.9 Å². The highest BCUT2D eigenvalue weighted by molar-refractivity contribution is 7.89. The molecule has 1 aliphatic rings. The minimum Gasteiger partial charge on any atom is -0.493 e. The number of rotatable bonds is 10. The molecule has 0 spiro atoms. The fourth-order valence-corrected chi connectivity index (χ4v) is 6.54. The van der Waals surface area contributed by atoms with Crippen LogP contribution in [-0.4, -0.2) is 91.0 Å². The number of hydrogen-bond acceptors (Lipinski definition) is 9. The van der Waals surface area contributed by atoms with Crippen molar-refractivity contribution >= 4 is 21.1 Å². The standard InChI is InChI=1S/C27H37N9O4S/c1-6-9-21-23-24(36(31-21)27-28-18-29-33(27)5)26(37)32(4)25(30-23)20-17-19(10-11-22(20)40-16-7-2)41(38,39)35-14-12-34(8-3)13-15-35/h10-11,17-18H,6-9,12-16H2,1-5H3. The maximum atomic E-state index is 13.9. The van der Waals surface area contributed by atoms with Gasteiger partial charge < -0.3 is 9.64 Å². The Morgan fingerprint density at radius 2 is 1.78 bits per heavy atom. The summed E-state index contributed by atoms with van der Waals surface area (Å²) in [6, 6.07) is 4.81. The molecule has 0 saturated carbocycles. The van der Waals surface area contributed by atoms with Crippen LogP contribution in [0.2, 0.25) is 0 Å². The van der Waals surface area contributed by atoms with Crippen molar-refractivity contribution in [2.24, 2.45) is 14.1 Å². The van der Waals surface area contributed by atoms with E-state index >= 15 is 0 Å². The highest BCUT2D eigenvalue weighted by atomic mass is 32.2. The number of sulfonamides is 1. The van der Waals surface area contributed by atoms with Crippen LogP contribution in [0.5, 0.6) is 5.75 Å². The summed E-state index contributed by atoms with van der Waals surface area (Å²) in [6.45, 7) is 9.62. The van der Waals surface area contributed by atoms with E-state index in [4.69, 9.17) is 14.8 Å². The number of likely N-dealkylation sites (N-methyl/N-ethyl adjacent to an activating group) is 1. The average Bonchev–Trinajstić information content (AvgIpc) is 3.56. The van der Waals surface area contributed by atoms with Crippen LogP contribution in [0, 0.1) is 0 Å². The second-order valence-corrected chi connectivity index (χ2v) is 12.1. The average molecular weight is 584 g/mol. The minimum atomic E-state index is -3.77. The molecule has 41 heavy (non-hydrogen) atoms. The Hall–Kier alpha value is -3.62. The Labute approximate surface area is 239 Å². The molecule has 4 aromatic rings. The summed E-state index contributed by atoms with van der Waals surface area (Å²) in [4.78, 5) is 25.5. The molecular formula is C27H37N9O4S. The third-order valence-corrected chi connectivity index (χ3v) is 9.30. The quantitative estimate of drug-likeness (QED) is 0.275. The smallest absolute Gasteiger partial charge is 0.280 e. The van der Waals surface area contributed by atoms with Crippen LogP contribution in [-0.2, 0) is 30.5 Å². The summed E-state index contributed by atoms with van der Waals surface area (Å²) in [5, 5.41) is 8.83. The largest absolute Gasteiger partial charge is 0.493 e. The number of fused-ring (bicyclic) bond motifs is 1. The van der Waals surface area contributed by atoms with Crippen LogP contribution >= 0.6 is 0 Å². The number of aromatic nitrogens is 7. The van der Waals surface area contributed by atoms with Gasteiger partial charge in [0.25, 0.3) is 5.56 Å². The number of ether oxygens (including phenoxy) is 1. The fraction of sp³-hybridized carbons (Fsp3) is 0.519. The monoisotopic (exact) mass is 583 g/mol. The van der Waals surface area contributed by atoms with Gasteiger partial charge in [-0.1, -0.05) is 27.2 Å². The minimum absolute atomic E-state index is 0.138. The van der Waals surface area contributed by atoms with Gasteiger partial charge in [0.1, 0.15) is 23.4 Å². The van der Waals surface area contributed by atoms with Gasteiger partial charge in [-0.15, -0.1) is 0 Å². The van der Waals surface area contributed by atoms with Crippen molar-refractivity contribution in [2.75, 3.05) is 39.3 Å². The highest BCUT2D eigenvalue weighted by Gasteiger charge is 2.30. The lowest BCUT2D eigenvalue weighted by Gasteiger charge is -2.33. The van der Waals surface area contributed by atoms with Gasteiger partial charge in [0.2, 0.25) is 16.0 Å². The van der Waals surface area contributed by atoms with Crippen LogP contribution < -0.4 is 10.3 Å². The summed E-state index contributed by atoms with van der Waals surface area (Å²) in [7, 11) is -0.426. The second-order valence-electron chi connectivity index (χ2n) is 10.1. The molecule has 0 aliphatic carbocycles. The first-order valence-corrected chi connectivity index (χ1v) is 15.5. The van der Waals surface area contributed by atoms with E-state index < -0.39 is 10.0 Å². The highest BCUT2D eigenvalue weighted by Crippen LogP contribution is 2.33. The van der Waals surface area contributed by atoms with Gasteiger partial charge in [0.05, 0.1) is 22.8 Å². The first-order valence-electron chi connectivity index (χ1n) is 14.0. The molecule has 14 heteroatoms. The van der Waals surface area contributed by atoms with Gasteiger partial charge in [0.15, 0.2) is 5.52 Å². The van der Waals surface area contributed by atoms with E-state index in [2.05, 4.69) is 21.9 Å². The first-order chi connectivity index (χ1) is 19.7. The molecule has 0 radical (unpaired) electrons. The molecule has 220 valence electrons. The molecule has 4 heterocycles. The van der Waals surface area contributed by atoms with E-state index in [1.165, 1.54) is 19.9 Å². The zero-order valence-corrected chi connectivity index (χ0v) is 25.1. The Bertz CT molecular complexity index is 1720. The normalized spacial score (nSPS) is 15.1. The molecule has 13 nitrogen and oxygen atoms in total. The van der Waals surface area contributed by atoms with Gasteiger partial charge in [0, 0.05) is 40.3 Å². The zero-order valence-electron chi connectivity index (χ0n) is 24.2. The van der Waals surface area contributed by atoms with Gasteiger partial charge in [-0.3, -0.25) is 9.36 Å². The topological polar surface area (TPSA) is 133 Å². The lowest BCUT2D eigenvalue weighted by Crippen LogP contribution is -2.48. The van der Waals surface area contributed by atoms with E-state index in [9.17, 15) is 13.2 Å². The molecule has 1 saturated heterocycles. The van der Waals surface area contributed by atoms with E-state index in [1.807, 2.05) is 13.8 Å². The van der Waals surface area contributed by atoms with Gasteiger partial charge in [-0.2, -0.15) is 24.2 Å². The predicted octanol–water partition coefficient (Wildman–Crippen LogP) is 1.98. The van der Waals surface area contributed by atoms with Crippen LogP contribution in [0.1, 0.15) is 39.3 Å². The first kappa shape index (κ1) is 28.9. The third kappa shape index (κ3) is 5.26. The zero-order chi connectivity index (χ0) is 29.3. The van der Waals surface area contributed by atoms with Gasteiger partial charge >= 0.3 is 0 Å². The van der Waals surface area contributed by atoms with Gasteiger partial charge in [-0.25, -0.2) is 18.1 Å². The molecule has 0 atom stereocenters. The molecule has 1 fully saturated rings. The molecule has 0 N–H and O–H groups in total. The molecule has 0 unspecified atom stereocenters. The van der Waals surface area contributed by atoms with Crippen molar-refractivity contribution in [3.05, 3.63) is 40.6 Å². The van der Waals surface area contributed by atoms with E-state index in [-0.39, 0.29) is 16.0 Å². The molecule has 1 aliphatic heterocycles. The number of hydrogen-bond donors (Lipinski definition) is 0. The van der Waals surface area contributed by atoms with Crippen molar-refractivity contribution < 1.29 is 13.2 Å². The molecule has 3 aromatic heterocycles. The number of benzene rings is 1. The van der Waals surface area contributed by atoms with Crippen molar-refractivity contribution in [1.82, 2.24) is 43.3 Å². The maximum absolute atomic E-state index is 13.9. The lowest BCUT2D eigenvalue weighted by molar-refractivity contribution is 0.196. The Morgan fingerprint density at radius 3 is 2.41 bits per heavy atom. The van der Waals surface area contributed by atoms with Crippen LogP contribution in [0.3, 0.4) is 0 Å². The predicted molar refractivity (Wildman–Crippen MR) is 155 cm³/mol. The van der Waals surface area contributed by atoms with Crippen molar-refractivity contribution in [3.63, 3.8) is 0 Å². The third-order valence-electron chi connectivity index (χ3n) is 7.41. The second kappa shape index (κ2) is 11.7. The lowest BCUT2D eigenvalue weighted by atomic mass is 10.1. The molecule has 0 bridgehead atoms. The van der Waals surface area contributed by atoms with Gasteiger partial charge in [-0.05, 0) is 37.6 Å². The number of nitrogens with zero attached hydrogens (tertiary/aromatic N) is 9. The molecule has 0 amide bonds. The fourth-order valence-electron chi connectivity index (χ4n) is 5.09. The summed E-state index contributed by atoms with van der Waals surface area (Å²) >= 11 is 0. The van der Waals surface area contributed by atoms with E-state index in [1.54, 1.807) is 37.0 Å². The summed E-state index contributed by atoms with van der Waals surface area (Å²) in [5.74, 6) is 1.16. The summed E-state index contributed by atoms with van der Waals surface area (Å²) < 4.78 is 39.4. The molecular weight excluding hydrogens is 546 g/mol. The van der Waals surface area contributed by atoms with Crippen LogP contribution in [0.25, 0.3) is 28.4 Å². The molecule has 1 aromatic carbocycles. The van der Waals surface area contributed by atoms with Crippen LogP contribution in [0.15, 0.2) is 34.2 Å². The number of piperazine rings is 1. The summed E-state index contributed by atoms with van der Waals surface area (Å²) in [6.07, 6.45) is 3.55. The van der Waals surface area contributed by atoms with E-state index in [0.717, 1.165) is 19.4 Å². The Balaban J connectivity index is 1.69. The SMILES string of the molecule is CCCOc1ccc(S(=O)(=O)N2CCN(CC)CC2)cc1-c1nc2c(CCC)nn(-c3ncnn3C)c2c(=O)n1C. The van der Waals surface area contributed by atoms with Crippen molar-refractivity contribution in [3.8, 4) is 23.1 Å². The Kier molecular flexibility index (Phi) is 8.25.